The lowest BCUT2D eigenvalue weighted by Crippen LogP contribution is -2.19. The van der Waals surface area contributed by atoms with Crippen LogP contribution in [0.4, 0.5) is 10.1 Å². The summed E-state index contributed by atoms with van der Waals surface area (Å²) in [4.78, 5) is 17.6. The molecular weight excluding hydrogens is 519 g/mol. The van der Waals surface area contributed by atoms with Crippen LogP contribution in [0.1, 0.15) is 22.3 Å². The van der Waals surface area contributed by atoms with Crippen LogP contribution in [0.25, 0.3) is 6.08 Å². The Bertz CT molecular complexity index is 1280. The molecule has 1 aliphatic heterocycles. The molecule has 0 unspecified atom stereocenters. The van der Waals surface area contributed by atoms with Crippen molar-refractivity contribution in [3.05, 3.63) is 92.0 Å². The summed E-state index contributed by atoms with van der Waals surface area (Å²) in [7, 11) is 1.56. The van der Waals surface area contributed by atoms with Gasteiger partial charge in [-0.1, -0.05) is 34.1 Å². The van der Waals surface area contributed by atoms with Gasteiger partial charge in [-0.05, 0) is 90.3 Å². The van der Waals surface area contributed by atoms with Gasteiger partial charge in [0.1, 0.15) is 12.4 Å². The number of benzene rings is 3. The smallest absolute Gasteiger partial charge is 0.264 e. The third-order valence-electron chi connectivity index (χ3n) is 5.10. The summed E-state index contributed by atoms with van der Waals surface area (Å²) in [5.41, 5.74) is 4.58. The maximum atomic E-state index is 13.1. The number of amides is 1. The Labute approximate surface area is 210 Å². The second-order valence-corrected chi connectivity index (χ2v) is 9.52. The van der Waals surface area contributed by atoms with Crippen LogP contribution in [-0.2, 0) is 11.4 Å². The highest BCUT2D eigenvalue weighted by atomic mass is 79.9. The van der Waals surface area contributed by atoms with Gasteiger partial charge in [0.25, 0.3) is 5.91 Å². The van der Waals surface area contributed by atoms with E-state index in [0.717, 1.165) is 32.4 Å². The molecule has 4 rings (SSSR count). The van der Waals surface area contributed by atoms with Gasteiger partial charge in [0.2, 0.25) is 0 Å². The van der Waals surface area contributed by atoms with Crippen molar-refractivity contribution in [2.24, 2.45) is 4.99 Å². The van der Waals surface area contributed by atoms with E-state index in [1.54, 1.807) is 37.5 Å². The Morgan fingerprint density at radius 3 is 2.44 bits per heavy atom. The highest BCUT2D eigenvalue weighted by molar-refractivity contribution is 9.10. The molecule has 1 N–H and O–H groups in total. The van der Waals surface area contributed by atoms with Gasteiger partial charge in [-0.3, -0.25) is 4.79 Å². The Morgan fingerprint density at radius 2 is 1.76 bits per heavy atom. The van der Waals surface area contributed by atoms with E-state index in [-0.39, 0.29) is 18.3 Å². The Morgan fingerprint density at radius 1 is 1.06 bits per heavy atom. The number of aliphatic imine (C=N–C) groups is 1. The average Bonchev–Trinajstić information content (AvgIpc) is 3.15. The monoisotopic (exact) mass is 540 g/mol. The number of ether oxygens (including phenoxy) is 2. The summed E-state index contributed by atoms with van der Waals surface area (Å²) in [5, 5.41) is 3.35. The highest BCUT2D eigenvalue weighted by Crippen LogP contribution is 2.33. The van der Waals surface area contributed by atoms with Crippen LogP contribution in [0.5, 0.6) is 11.5 Å². The minimum absolute atomic E-state index is 0.204. The molecule has 174 valence electrons. The first-order valence-corrected chi connectivity index (χ1v) is 12.0. The molecule has 1 heterocycles. The molecule has 0 aliphatic carbocycles. The van der Waals surface area contributed by atoms with Crippen LogP contribution in [0.3, 0.4) is 0 Å². The lowest BCUT2D eigenvalue weighted by atomic mass is 10.1. The summed E-state index contributed by atoms with van der Waals surface area (Å²) in [6, 6.07) is 15.5. The zero-order valence-corrected chi connectivity index (χ0v) is 21.2. The number of nitrogens with one attached hydrogen (secondary N) is 1. The molecular formula is C26H22BrFN2O3S. The number of hydrogen-bond donors (Lipinski definition) is 1. The van der Waals surface area contributed by atoms with Gasteiger partial charge < -0.3 is 14.8 Å². The number of nitrogens with zero attached hydrogens (tertiary/aromatic N) is 1. The second-order valence-electron chi connectivity index (χ2n) is 7.70. The summed E-state index contributed by atoms with van der Waals surface area (Å²) < 4.78 is 25.4. The Kier molecular flexibility index (Phi) is 7.38. The highest BCUT2D eigenvalue weighted by Gasteiger charge is 2.24. The number of rotatable bonds is 6. The Hall–Kier alpha value is -3.10. The average molecular weight is 541 g/mol. The van der Waals surface area contributed by atoms with E-state index in [9.17, 15) is 9.18 Å². The van der Waals surface area contributed by atoms with Crippen LogP contribution < -0.4 is 14.8 Å². The SMILES string of the molecule is COc1cc(/C=C2\SC(=Nc3cc(C)c(Br)c(C)c3)NC2=O)ccc1OCc1ccc(F)cc1. The van der Waals surface area contributed by atoms with Gasteiger partial charge in [0.05, 0.1) is 17.7 Å². The molecule has 34 heavy (non-hydrogen) atoms. The lowest BCUT2D eigenvalue weighted by molar-refractivity contribution is -0.115. The van der Waals surface area contributed by atoms with Gasteiger partial charge in [-0.15, -0.1) is 0 Å². The minimum Gasteiger partial charge on any atom is -0.493 e. The standard InChI is InChI=1S/C26H22BrFN2O3S/c1-15-10-20(11-16(2)24(15)27)29-26-30-25(31)23(34-26)13-18-6-9-21(22(12-18)32-3)33-14-17-4-7-19(28)8-5-17/h4-13H,14H2,1-3H3,(H,29,30,31)/b23-13-. The van der Waals surface area contributed by atoms with E-state index < -0.39 is 0 Å². The molecule has 0 atom stereocenters. The van der Waals surface area contributed by atoms with Crippen molar-refractivity contribution in [3.8, 4) is 11.5 Å². The molecule has 1 amide bonds. The van der Waals surface area contributed by atoms with Gasteiger partial charge >= 0.3 is 0 Å². The van der Waals surface area contributed by atoms with Crippen molar-refractivity contribution in [2.75, 3.05) is 7.11 Å². The molecule has 1 fully saturated rings. The number of amidine groups is 1. The van der Waals surface area contributed by atoms with E-state index in [2.05, 4.69) is 26.2 Å². The van der Waals surface area contributed by atoms with Crippen molar-refractivity contribution in [3.63, 3.8) is 0 Å². The van der Waals surface area contributed by atoms with Crippen LogP contribution in [0, 0.1) is 19.7 Å². The van der Waals surface area contributed by atoms with Crippen molar-refractivity contribution in [1.29, 1.82) is 0 Å². The number of carbonyl (C=O) groups excluding carboxylic acids is 1. The summed E-state index contributed by atoms with van der Waals surface area (Å²) >= 11 is 4.84. The Balaban J connectivity index is 1.49. The van der Waals surface area contributed by atoms with E-state index in [1.807, 2.05) is 32.0 Å². The molecule has 0 aromatic heterocycles. The largest absolute Gasteiger partial charge is 0.493 e. The summed E-state index contributed by atoms with van der Waals surface area (Å²) in [6.07, 6.45) is 1.78. The van der Waals surface area contributed by atoms with Gasteiger partial charge in [-0.2, -0.15) is 0 Å². The molecule has 1 saturated heterocycles. The van der Waals surface area contributed by atoms with E-state index >= 15 is 0 Å². The molecule has 3 aromatic carbocycles. The van der Waals surface area contributed by atoms with Gasteiger partial charge in [0, 0.05) is 4.47 Å². The summed E-state index contributed by atoms with van der Waals surface area (Å²) in [5.74, 6) is 0.600. The molecule has 0 saturated carbocycles. The third kappa shape index (κ3) is 5.69. The van der Waals surface area contributed by atoms with E-state index in [4.69, 9.17) is 9.47 Å². The first-order valence-electron chi connectivity index (χ1n) is 10.4. The van der Waals surface area contributed by atoms with Crippen LogP contribution >= 0.6 is 27.7 Å². The van der Waals surface area contributed by atoms with Crippen molar-refractivity contribution in [1.82, 2.24) is 5.32 Å². The fourth-order valence-electron chi connectivity index (χ4n) is 3.37. The minimum atomic E-state index is -0.289. The molecule has 0 radical (unpaired) electrons. The zero-order valence-electron chi connectivity index (χ0n) is 18.8. The quantitative estimate of drug-likeness (QED) is 0.354. The molecule has 5 nitrogen and oxygen atoms in total. The van der Waals surface area contributed by atoms with Crippen LogP contribution in [-0.4, -0.2) is 18.2 Å². The first kappa shape index (κ1) is 24.0. The van der Waals surface area contributed by atoms with Gasteiger partial charge in [-0.25, -0.2) is 9.38 Å². The van der Waals surface area contributed by atoms with Crippen molar-refractivity contribution in [2.45, 2.75) is 20.5 Å². The van der Waals surface area contributed by atoms with Crippen molar-refractivity contribution < 1.29 is 18.7 Å². The topological polar surface area (TPSA) is 59.9 Å². The van der Waals surface area contributed by atoms with Crippen LogP contribution in [0.15, 0.2) is 69.0 Å². The maximum absolute atomic E-state index is 13.1. The first-order chi connectivity index (χ1) is 16.3. The maximum Gasteiger partial charge on any atom is 0.264 e. The fraction of sp³-hybridized carbons (Fsp3) is 0.154. The fourth-order valence-corrected chi connectivity index (χ4v) is 4.44. The number of aryl methyl sites for hydroxylation is 2. The van der Waals surface area contributed by atoms with Crippen LogP contribution in [0.2, 0.25) is 0 Å². The number of halogens is 2. The summed E-state index contributed by atoms with van der Waals surface area (Å²) in [6.45, 7) is 4.30. The zero-order chi connectivity index (χ0) is 24.2. The van der Waals surface area contributed by atoms with Gasteiger partial charge in [0.15, 0.2) is 16.7 Å². The molecule has 3 aromatic rings. The molecule has 0 bridgehead atoms. The number of methoxy groups -OCH3 is 1. The lowest BCUT2D eigenvalue weighted by Gasteiger charge is -2.11. The predicted molar refractivity (Wildman–Crippen MR) is 138 cm³/mol. The third-order valence-corrected chi connectivity index (χ3v) is 7.26. The number of thioether (sulfide) groups is 1. The predicted octanol–water partition coefficient (Wildman–Crippen LogP) is 6.68. The second kappa shape index (κ2) is 10.4. The number of hydrogen-bond acceptors (Lipinski definition) is 5. The number of carbonyl (C=O) groups is 1. The molecule has 0 spiro atoms. The normalized spacial score (nSPS) is 15.6. The van der Waals surface area contributed by atoms with E-state index in [0.29, 0.717) is 21.6 Å². The van der Waals surface area contributed by atoms with E-state index in [1.165, 1.54) is 23.9 Å². The molecule has 8 heteroatoms. The molecule has 1 aliphatic rings. The van der Waals surface area contributed by atoms with Crippen molar-refractivity contribution >= 4 is 50.5 Å².